The lowest BCUT2D eigenvalue weighted by Gasteiger charge is -2.38. The van der Waals surface area contributed by atoms with Gasteiger partial charge in [0, 0.05) is 35.9 Å². The van der Waals surface area contributed by atoms with Gasteiger partial charge in [-0.2, -0.15) is 11.8 Å². The second kappa shape index (κ2) is 6.59. The number of nitrogens with zero attached hydrogens (tertiary/aromatic N) is 2. The normalized spacial score (nSPS) is 22.4. The monoisotopic (exact) mass is 280 g/mol. The summed E-state index contributed by atoms with van der Waals surface area (Å²) in [4.78, 5) is 6.75. The first kappa shape index (κ1) is 14.6. The average Bonchev–Trinajstić information content (AvgIpc) is 2.40. The molecule has 2 unspecified atom stereocenters. The van der Waals surface area contributed by atoms with Gasteiger partial charge in [0.15, 0.2) is 0 Å². The summed E-state index contributed by atoms with van der Waals surface area (Å²) in [6, 6.07) is 2.91. The van der Waals surface area contributed by atoms with E-state index < -0.39 is 0 Å². The summed E-state index contributed by atoms with van der Waals surface area (Å²) < 4.78 is 0. The smallest absolute Gasteiger partial charge is 0.128 e. The van der Waals surface area contributed by atoms with Crippen LogP contribution in [0.5, 0.6) is 0 Å². The molecule has 2 heterocycles. The standard InChI is InChI=1S/C14H24N4S/c1-4-16-13(12-9-19-6-5-18(12)3)11-7-10(2)8-17-14(11)15/h7-8,12-13,16H,4-6,9H2,1-3H3,(H2,15,17). The molecule has 0 bridgehead atoms. The Balaban J connectivity index is 2.30. The second-order valence-corrected chi connectivity index (χ2v) is 6.30. The fraction of sp³-hybridized carbons (Fsp3) is 0.643. The molecule has 0 spiro atoms. The summed E-state index contributed by atoms with van der Waals surface area (Å²) in [7, 11) is 2.20. The molecule has 1 aliphatic heterocycles. The van der Waals surface area contributed by atoms with Crippen molar-refractivity contribution in [3.63, 3.8) is 0 Å². The molecule has 2 atom stereocenters. The molecule has 1 aromatic heterocycles. The quantitative estimate of drug-likeness (QED) is 0.879. The van der Waals surface area contributed by atoms with E-state index in [1.165, 1.54) is 11.3 Å². The Bertz CT molecular complexity index is 424. The van der Waals surface area contributed by atoms with Gasteiger partial charge in [-0.15, -0.1) is 0 Å². The third kappa shape index (κ3) is 3.41. The highest BCUT2D eigenvalue weighted by atomic mass is 32.2. The van der Waals surface area contributed by atoms with Gasteiger partial charge in [-0.3, -0.25) is 4.90 Å². The van der Waals surface area contributed by atoms with Gasteiger partial charge in [-0.1, -0.05) is 6.92 Å². The van der Waals surface area contributed by atoms with Gasteiger partial charge in [0.2, 0.25) is 0 Å². The van der Waals surface area contributed by atoms with Crippen molar-refractivity contribution < 1.29 is 0 Å². The minimum atomic E-state index is 0.259. The number of nitrogens with one attached hydrogen (secondary N) is 1. The topological polar surface area (TPSA) is 54.2 Å². The van der Waals surface area contributed by atoms with Gasteiger partial charge in [0.05, 0.1) is 6.04 Å². The van der Waals surface area contributed by atoms with E-state index in [-0.39, 0.29) is 6.04 Å². The lowest BCUT2D eigenvalue weighted by atomic mass is 9.98. The molecule has 5 heteroatoms. The van der Waals surface area contributed by atoms with Crippen molar-refractivity contribution in [1.29, 1.82) is 0 Å². The van der Waals surface area contributed by atoms with Crippen LogP contribution in [0.4, 0.5) is 5.82 Å². The van der Waals surface area contributed by atoms with Crippen molar-refractivity contribution >= 4 is 17.6 Å². The molecule has 4 nitrogen and oxygen atoms in total. The van der Waals surface area contributed by atoms with Crippen molar-refractivity contribution in [3.05, 3.63) is 23.4 Å². The van der Waals surface area contributed by atoms with E-state index in [2.05, 4.69) is 42.2 Å². The number of pyridine rings is 1. The van der Waals surface area contributed by atoms with E-state index in [0.717, 1.165) is 24.4 Å². The molecule has 3 N–H and O–H groups in total. The fourth-order valence-corrected chi connectivity index (χ4v) is 3.85. The first-order valence-electron chi connectivity index (χ1n) is 6.87. The van der Waals surface area contributed by atoms with Crippen molar-refractivity contribution in [1.82, 2.24) is 15.2 Å². The fourth-order valence-electron chi connectivity index (χ4n) is 2.58. The van der Waals surface area contributed by atoms with Crippen LogP contribution < -0.4 is 11.1 Å². The highest BCUT2D eigenvalue weighted by Gasteiger charge is 2.30. The van der Waals surface area contributed by atoms with E-state index in [4.69, 9.17) is 5.73 Å². The molecule has 0 saturated carbocycles. The van der Waals surface area contributed by atoms with Gasteiger partial charge < -0.3 is 11.1 Å². The SMILES string of the molecule is CCNC(c1cc(C)cnc1N)C1CSCCN1C. The number of hydrogen-bond donors (Lipinski definition) is 2. The third-order valence-corrected chi connectivity index (χ3v) is 4.72. The number of nitrogens with two attached hydrogens (primary N) is 1. The number of thioether (sulfide) groups is 1. The first-order chi connectivity index (χ1) is 9.13. The van der Waals surface area contributed by atoms with Crippen LogP contribution in [-0.2, 0) is 0 Å². The van der Waals surface area contributed by atoms with Crippen LogP contribution >= 0.6 is 11.8 Å². The van der Waals surface area contributed by atoms with E-state index in [1.807, 2.05) is 18.0 Å². The van der Waals surface area contributed by atoms with Crippen LogP contribution in [-0.4, -0.2) is 47.6 Å². The summed E-state index contributed by atoms with van der Waals surface area (Å²) >= 11 is 2.02. The Morgan fingerprint density at radius 2 is 2.42 bits per heavy atom. The molecular formula is C14H24N4S. The van der Waals surface area contributed by atoms with Crippen LogP contribution in [0.2, 0.25) is 0 Å². The molecule has 1 fully saturated rings. The Morgan fingerprint density at radius 3 is 3.11 bits per heavy atom. The minimum Gasteiger partial charge on any atom is -0.383 e. The maximum atomic E-state index is 6.10. The summed E-state index contributed by atoms with van der Waals surface area (Å²) in [5, 5.41) is 3.59. The van der Waals surface area contributed by atoms with Crippen molar-refractivity contribution in [2.24, 2.45) is 0 Å². The first-order valence-corrected chi connectivity index (χ1v) is 8.02. The summed E-state index contributed by atoms with van der Waals surface area (Å²) in [6.45, 7) is 6.28. The van der Waals surface area contributed by atoms with E-state index in [0.29, 0.717) is 11.9 Å². The van der Waals surface area contributed by atoms with E-state index in [1.54, 1.807) is 0 Å². The molecule has 0 aromatic carbocycles. The summed E-state index contributed by atoms with van der Waals surface area (Å²) in [5.41, 5.74) is 8.40. The molecule has 1 aromatic rings. The number of likely N-dealkylation sites (N-methyl/N-ethyl adjacent to an activating group) is 2. The molecule has 0 amide bonds. The van der Waals surface area contributed by atoms with Gasteiger partial charge in [0.1, 0.15) is 5.82 Å². The number of hydrogen-bond acceptors (Lipinski definition) is 5. The highest BCUT2D eigenvalue weighted by Crippen LogP contribution is 2.29. The molecule has 0 radical (unpaired) electrons. The Hall–Kier alpha value is -0.780. The van der Waals surface area contributed by atoms with Crippen molar-refractivity contribution in [2.45, 2.75) is 25.9 Å². The van der Waals surface area contributed by atoms with Crippen LogP contribution in [0.15, 0.2) is 12.3 Å². The summed E-state index contributed by atoms with van der Waals surface area (Å²) in [5.74, 6) is 3.01. The van der Waals surface area contributed by atoms with Gasteiger partial charge in [0.25, 0.3) is 0 Å². The zero-order valence-electron chi connectivity index (χ0n) is 12.0. The average molecular weight is 280 g/mol. The zero-order chi connectivity index (χ0) is 13.8. The Labute approximate surface area is 120 Å². The number of anilines is 1. The maximum Gasteiger partial charge on any atom is 0.128 e. The Kier molecular flexibility index (Phi) is 5.07. The molecule has 106 valence electrons. The molecule has 1 saturated heterocycles. The maximum absolute atomic E-state index is 6.10. The van der Waals surface area contributed by atoms with Gasteiger partial charge in [-0.25, -0.2) is 4.98 Å². The molecular weight excluding hydrogens is 256 g/mol. The highest BCUT2D eigenvalue weighted by molar-refractivity contribution is 7.99. The van der Waals surface area contributed by atoms with Crippen LogP contribution in [0.25, 0.3) is 0 Å². The van der Waals surface area contributed by atoms with Crippen molar-refractivity contribution in [2.75, 3.05) is 37.4 Å². The lowest BCUT2D eigenvalue weighted by Crippen LogP contribution is -2.48. The minimum absolute atomic E-state index is 0.259. The van der Waals surface area contributed by atoms with Crippen LogP contribution in [0.3, 0.4) is 0 Å². The van der Waals surface area contributed by atoms with Gasteiger partial charge >= 0.3 is 0 Å². The van der Waals surface area contributed by atoms with Crippen molar-refractivity contribution in [3.8, 4) is 0 Å². The number of aryl methyl sites for hydroxylation is 1. The summed E-state index contributed by atoms with van der Waals surface area (Å²) in [6.07, 6.45) is 1.83. The number of rotatable bonds is 4. The molecule has 0 aliphatic carbocycles. The molecule has 1 aliphatic rings. The largest absolute Gasteiger partial charge is 0.383 e. The lowest BCUT2D eigenvalue weighted by molar-refractivity contribution is 0.217. The predicted molar refractivity (Wildman–Crippen MR) is 83.5 cm³/mol. The van der Waals surface area contributed by atoms with E-state index >= 15 is 0 Å². The predicted octanol–water partition coefficient (Wildman–Crippen LogP) is 1.67. The second-order valence-electron chi connectivity index (χ2n) is 5.15. The van der Waals surface area contributed by atoms with Gasteiger partial charge in [-0.05, 0) is 32.1 Å². The number of aromatic nitrogens is 1. The van der Waals surface area contributed by atoms with Crippen LogP contribution in [0.1, 0.15) is 24.1 Å². The van der Waals surface area contributed by atoms with E-state index in [9.17, 15) is 0 Å². The zero-order valence-corrected chi connectivity index (χ0v) is 12.8. The third-order valence-electron chi connectivity index (χ3n) is 3.67. The number of nitrogen functional groups attached to an aromatic ring is 1. The van der Waals surface area contributed by atoms with Crippen LogP contribution in [0, 0.1) is 6.92 Å². The Morgan fingerprint density at radius 1 is 1.63 bits per heavy atom. The molecule has 19 heavy (non-hydrogen) atoms. The molecule has 2 rings (SSSR count).